The van der Waals surface area contributed by atoms with Crippen molar-refractivity contribution in [3.63, 3.8) is 0 Å². The van der Waals surface area contributed by atoms with Crippen molar-refractivity contribution >= 4 is 28.4 Å². The van der Waals surface area contributed by atoms with Gasteiger partial charge < -0.3 is 0 Å². The second kappa shape index (κ2) is 8.94. The molecule has 1 saturated heterocycles. The third kappa shape index (κ3) is 4.47. The van der Waals surface area contributed by atoms with Crippen molar-refractivity contribution in [2.24, 2.45) is 0 Å². The van der Waals surface area contributed by atoms with Gasteiger partial charge in [-0.15, -0.1) is 0 Å². The van der Waals surface area contributed by atoms with Gasteiger partial charge in [-0.3, -0.25) is 9.69 Å². The van der Waals surface area contributed by atoms with Crippen LogP contribution in [-0.2, 0) is 12.0 Å². The van der Waals surface area contributed by atoms with Crippen molar-refractivity contribution in [3.05, 3.63) is 105 Å². The molecule has 3 aromatic carbocycles. The zero-order valence-corrected chi connectivity index (χ0v) is 18.6. The largest absolute Gasteiger partial charge is 0.299 e. The monoisotopic (exact) mass is 517 g/mol. The van der Waals surface area contributed by atoms with Gasteiger partial charge in [0.1, 0.15) is 11.6 Å². The number of rotatable bonds is 5. The Labute approximate surface area is 189 Å². The molecule has 0 radical (unpaired) electrons. The molecule has 0 N–H and O–H groups in total. The lowest BCUT2D eigenvalue weighted by Crippen LogP contribution is -2.47. The van der Waals surface area contributed by atoms with Crippen LogP contribution in [0.2, 0.25) is 0 Å². The molecular formula is C25H22F2INO. The summed E-state index contributed by atoms with van der Waals surface area (Å²) in [6.07, 6.45) is 1.28. The first-order valence-corrected chi connectivity index (χ1v) is 11.1. The quantitative estimate of drug-likeness (QED) is 0.307. The van der Waals surface area contributed by atoms with Crippen molar-refractivity contribution in [2.45, 2.75) is 24.8 Å². The summed E-state index contributed by atoms with van der Waals surface area (Å²) in [6, 6.07) is 20.4. The Morgan fingerprint density at radius 3 is 1.93 bits per heavy atom. The lowest BCUT2D eigenvalue weighted by Gasteiger charge is -2.41. The predicted molar refractivity (Wildman–Crippen MR) is 122 cm³/mol. The Bertz CT molecular complexity index is 1010. The molecule has 0 aromatic heterocycles. The van der Waals surface area contributed by atoms with Gasteiger partial charge >= 0.3 is 0 Å². The van der Waals surface area contributed by atoms with Crippen molar-refractivity contribution in [1.29, 1.82) is 0 Å². The number of Topliss-reactive ketones (excluding diaryl/α,β-unsaturated/α-hetero) is 1. The minimum absolute atomic E-state index is 0.0250. The molecule has 30 heavy (non-hydrogen) atoms. The normalized spacial score (nSPS) is 16.4. The summed E-state index contributed by atoms with van der Waals surface area (Å²) in [7, 11) is 0. The van der Waals surface area contributed by atoms with Crippen LogP contribution in [0.3, 0.4) is 0 Å². The maximum atomic E-state index is 13.6. The maximum absolute atomic E-state index is 13.6. The molecule has 4 rings (SSSR count). The van der Waals surface area contributed by atoms with E-state index in [1.165, 1.54) is 33.4 Å². The number of nitrogens with zero attached hydrogens (tertiary/aromatic N) is 1. The number of hydrogen-bond donors (Lipinski definition) is 0. The summed E-state index contributed by atoms with van der Waals surface area (Å²) in [5.41, 5.74) is 1.84. The highest BCUT2D eigenvalue weighted by Crippen LogP contribution is 2.39. The van der Waals surface area contributed by atoms with Crippen LogP contribution in [-0.4, -0.2) is 23.8 Å². The van der Waals surface area contributed by atoms with E-state index in [1.54, 1.807) is 24.3 Å². The molecule has 0 saturated carbocycles. The zero-order chi connectivity index (χ0) is 21.1. The molecule has 1 heterocycles. The number of benzene rings is 3. The minimum atomic E-state index is -0.728. The van der Waals surface area contributed by atoms with E-state index in [0.717, 1.165) is 25.2 Å². The topological polar surface area (TPSA) is 20.3 Å². The zero-order valence-electron chi connectivity index (χ0n) is 16.5. The molecule has 5 heteroatoms. The van der Waals surface area contributed by atoms with Gasteiger partial charge in [0, 0.05) is 15.7 Å². The van der Waals surface area contributed by atoms with Crippen LogP contribution >= 0.6 is 22.6 Å². The standard InChI is InChI=1S/C25H22F2INO/c26-21-7-3-19(4-8-21)24(30)25(20-5-9-22(27)10-6-20)13-15-29(16-14-25)17-18-1-11-23(28)12-2-18/h1-12H,13-17H2. The summed E-state index contributed by atoms with van der Waals surface area (Å²) < 4.78 is 28.1. The maximum Gasteiger partial charge on any atom is 0.173 e. The van der Waals surface area contributed by atoms with Gasteiger partial charge in [-0.1, -0.05) is 24.3 Å². The molecule has 0 bridgehead atoms. The average molecular weight is 517 g/mol. The molecule has 2 nitrogen and oxygen atoms in total. The Balaban J connectivity index is 1.59. The number of piperidine rings is 1. The molecule has 0 unspecified atom stereocenters. The fourth-order valence-corrected chi connectivity index (χ4v) is 4.59. The van der Waals surface area contributed by atoms with E-state index in [-0.39, 0.29) is 17.4 Å². The van der Waals surface area contributed by atoms with Crippen molar-refractivity contribution in [2.75, 3.05) is 13.1 Å². The van der Waals surface area contributed by atoms with E-state index in [1.807, 2.05) is 0 Å². The van der Waals surface area contributed by atoms with Crippen LogP contribution in [0.1, 0.15) is 34.3 Å². The molecular weight excluding hydrogens is 495 g/mol. The molecule has 0 aliphatic carbocycles. The highest BCUT2D eigenvalue weighted by Gasteiger charge is 2.43. The molecule has 0 atom stereocenters. The van der Waals surface area contributed by atoms with Gasteiger partial charge in [-0.25, -0.2) is 8.78 Å². The highest BCUT2D eigenvalue weighted by molar-refractivity contribution is 14.1. The first-order chi connectivity index (χ1) is 14.5. The highest BCUT2D eigenvalue weighted by atomic mass is 127. The molecule has 1 aliphatic rings. The second-order valence-corrected chi connectivity index (χ2v) is 9.07. The molecule has 3 aromatic rings. The van der Waals surface area contributed by atoms with Gasteiger partial charge in [-0.2, -0.15) is 0 Å². The number of carbonyl (C=O) groups is 1. The second-order valence-electron chi connectivity index (χ2n) is 7.83. The fraction of sp³-hybridized carbons (Fsp3) is 0.240. The van der Waals surface area contributed by atoms with E-state index in [2.05, 4.69) is 51.8 Å². The van der Waals surface area contributed by atoms with Crippen LogP contribution in [0.4, 0.5) is 8.78 Å². The smallest absolute Gasteiger partial charge is 0.173 e. The first-order valence-electron chi connectivity index (χ1n) is 9.99. The number of ketones is 1. The number of carbonyl (C=O) groups excluding carboxylic acids is 1. The average Bonchev–Trinajstić information content (AvgIpc) is 2.77. The van der Waals surface area contributed by atoms with Crippen molar-refractivity contribution in [1.82, 2.24) is 4.90 Å². The Hall–Kier alpha value is -2.12. The fourth-order valence-electron chi connectivity index (χ4n) is 4.23. The van der Waals surface area contributed by atoms with Crippen LogP contribution in [0, 0.1) is 15.2 Å². The Morgan fingerprint density at radius 2 is 1.37 bits per heavy atom. The van der Waals surface area contributed by atoms with Crippen molar-refractivity contribution in [3.8, 4) is 0 Å². The molecule has 0 spiro atoms. The Morgan fingerprint density at radius 1 is 0.833 bits per heavy atom. The third-order valence-electron chi connectivity index (χ3n) is 5.97. The lowest BCUT2D eigenvalue weighted by molar-refractivity contribution is 0.0763. The van der Waals surface area contributed by atoms with E-state index in [9.17, 15) is 13.6 Å². The Kier molecular flexibility index (Phi) is 6.29. The van der Waals surface area contributed by atoms with Crippen LogP contribution in [0.25, 0.3) is 0 Å². The summed E-state index contributed by atoms with van der Waals surface area (Å²) in [6.45, 7) is 2.35. The predicted octanol–water partition coefficient (Wildman–Crippen LogP) is 5.99. The van der Waals surface area contributed by atoms with Gasteiger partial charge in [0.05, 0.1) is 5.41 Å². The summed E-state index contributed by atoms with van der Waals surface area (Å²) in [5, 5.41) is 0. The van der Waals surface area contributed by atoms with Crippen LogP contribution in [0.15, 0.2) is 72.8 Å². The van der Waals surface area contributed by atoms with E-state index < -0.39 is 5.41 Å². The van der Waals surface area contributed by atoms with Crippen LogP contribution < -0.4 is 0 Å². The van der Waals surface area contributed by atoms with Gasteiger partial charge in [0.2, 0.25) is 0 Å². The lowest BCUT2D eigenvalue weighted by atomic mass is 9.68. The summed E-state index contributed by atoms with van der Waals surface area (Å²) >= 11 is 2.29. The first kappa shape index (κ1) is 21.1. The van der Waals surface area contributed by atoms with Gasteiger partial charge in [0.25, 0.3) is 0 Å². The number of hydrogen-bond acceptors (Lipinski definition) is 2. The molecule has 1 fully saturated rings. The molecule has 154 valence electrons. The van der Waals surface area contributed by atoms with Crippen molar-refractivity contribution < 1.29 is 13.6 Å². The van der Waals surface area contributed by atoms with E-state index in [0.29, 0.717) is 18.4 Å². The minimum Gasteiger partial charge on any atom is -0.299 e. The SMILES string of the molecule is O=C(c1ccc(F)cc1)C1(c2ccc(F)cc2)CCN(Cc2ccc(I)cc2)CC1. The number of likely N-dealkylation sites (tertiary alicyclic amines) is 1. The molecule has 1 aliphatic heterocycles. The van der Waals surface area contributed by atoms with Gasteiger partial charge in [-0.05, 0) is 108 Å². The summed E-state index contributed by atoms with van der Waals surface area (Å²) in [5.74, 6) is -0.711. The van der Waals surface area contributed by atoms with Gasteiger partial charge in [0.15, 0.2) is 5.78 Å². The van der Waals surface area contributed by atoms with E-state index in [4.69, 9.17) is 0 Å². The number of halogens is 3. The van der Waals surface area contributed by atoms with Crippen LogP contribution in [0.5, 0.6) is 0 Å². The summed E-state index contributed by atoms with van der Waals surface area (Å²) in [4.78, 5) is 15.9. The van der Waals surface area contributed by atoms with E-state index >= 15 is 0 Å². The molecule has 0 amide bonds. The third-order valence-corrected chi connectivity index (χ3v) is 6.69.